The van der Waals surface area contributed by atoms with Crippen molar-refractivity contribution in [2.75, 3.05) is 16.8 Å². The van der Waals surface area contributed by atoms with Crippen molar-refractivity contribution < 1.29 is 13.2 Å². The summed E-state index contributed by atoms with van der Waals surface area (Å²) in [6.07, 6.45) is 0.817. The second-order valence-corrected chi connectivity index (χ2v) is 7.20. The van der Waals surface area contributed by atoms with E-state index in [4.69, 9.17) is 11.6 Å². The molecule has 0 aliphatic carbocycles. The number of rotatable bonds is 3. The predicted octanol–water partition coefficient (Wildman–Crippen LogP) is 2.10. The molecule has 2 rings (SSSR count). The first kappa shape index (κ1) is 13.4. The first-order valence-electron chi connectivity index (χ1n) is 5.70. The van der Waals surface area contributed by atoms with Crippen LogP contribution in [0.2, 0.25) is 5.02 Å². The monoisotopic (exact) mass is 287 g/mol. The van der Waals surface area contributed by atoms with Crippen molar-refractivity contribution in [3.8, 4) is 0 Å². The Hall–Kier alpha value is -1.07. The van der Waals surface area contributed by atoms with E-state index in [-0.39, 0.29) is 29.8 Å². The molecule has 6 heteroatoms. The molecule has 1 aliphatic heterocycles. The van der Waals surface area contributed by atoms with E-state index in [0.717, 1.165) is 0 Å². The van der Waals surface area contributed by atoms with Gasteiger partial charge >= 0.3 is 0 Å². The smallest absolute Gasteiger partial charge is 0.224 e. The van der Waals surface area contributed by atoms with E-state index in [1.165, 1.54) is 0 Å². The van der Waals surface area contributed by atoms with Gasteiger partial charge in [0.05, 0.1) is 11.5 Å². The summed E-state index contributed by atoms with van der Waals surface area (Å²) in [6, 6.07) is 6.87. The lowest BCUT2D eigenvalue weighted by atomic mass is 10.1. The van der Waals surface area contributed by atoms with Gasteiger partial charge in [-0.3, -0.25) is 4.79 Å². The molecule has 1 N–H and O–H groups in total. The van der Waals surface area contributed by atoms with Crippen LogP contribution in [0.4, 0.5) is 5.69 Å². The van der Waals surface area contributed by atoms with Crippen LogP contribution in [0.1, 0.15) is 12.8 Å². The van der Waals surface area contributed by atoms with Crippen LogP contribution in [0.3, 0.4) is 0 Å². The number of carbonyl (C=O) groups is 1. The summed E-state index contributed by atoms with van der Waals surface area (Å²) < 4.78 is 22.6. The van der Waals surface area contributed by atoms with Gasteiger partial charge in [-0.2, -0.15) is 0 Å². The maximum absolute atomic E-state index is 11.7. The van der Waals surface area contributed by atoms with Crippen LogP contribution in [-0.4, -0.2) is 25.8 Å². The number of halogens is 1. The van der Waals surface area contributed by atoms with Crippen molar-refractivity contribution >= 4 is 33.0 Å². The maximum Gasteiger partial charge on any atom is 0.224 e. The number of hydrogen-bond acceptors (Lipinski definition) is 3. The lowest BCUT2D eigenvalue weighted by Crippen LogP contribution is -2.17. The van der Waals surface area contributed by atoms with Crippen LogP contribution in [-0.2, 0) is 14.6 Å². The Kier molecular flexibility index (Phi) is 3.92. The zero-order chi connectivity index (χ0) is 13.2. The molecule has 0 saturated carbocycles. The Morgan fingerprint density at radius 3 is 2.83 bits per heavy atom. The molecule has 98 valence electrons. The molecule has 18 heavy (non-hydrogen) atoms. The van der Waals surface area contributed by atoms with Crippen LogP contribution in [0.25, 0.3) is 0 Å². The number of carbonyl (C=O) groups excluding carboxylic acids is 1. The average molecular weight is 288 g/mol. The Morgan fingerprint density at radius 1 is 1.44 bits per heavy atom. The second-order valence-electron chi connectivity index (χ2n) is 4.53. The highest BCUT2D eigenvalue weighted by molar-refractivity contribution is 7.91. The summed E-state index contributed by atoms with van der Waals surface area (Å²) >= 11 is 5.81. The molecule has 0 bridgehead atoms. The van der Waals surface area contributed by atoms with Crippen molar-refractivity contribution in [1.29, 1.82) is 0 Å². The summed E-state index contributed by atoms with van der Waals surface area (Å²) in [4.78, 5) is 11.7. The molecule has 0 spiro atoms. The lowest BCUT2D eigenvalue weighted by Gasteiger charge is -2.08. The Balaban J connectivity index is 1.90. The van der Waals surface area contributed by atoms with Crippen LogP contribution in [0.5, 0.6) is 0 Å². The molecule has 1 aromatic carbocycles. The average Bonchev–Trinajstić information content (AvgIpc) is 2.57. The summed E-state index contributed by atoms with van der Waals surface area (Å²) in [5, 5.41) is 3.27. The van der Waals surface area contributed by atoms with Crippen molar-refractivity contribution in [1.82, 2.24) is 0 Å². The van der Waals surface area contributed by atoms with Crippen molar-refractivity contribution in [2.24, 2.45) is 5.92 Å². The highest BCUT2D eigenvalue weighted by Gasteiger charge is 2.29. The van der Waals surface area contributed by atoms with Crippen molar-refractivity contribution in [3.63, 3.8) is 0 Å². The molecule has 1 aromatic rings. The van der Waals surface area contributed by atoms with E-state index in [1.807, 2.05) is 0 Å². The number of nitrogens with one attached hydrogen (secondary N) is 1. The van der Waals surface area contributed by atoms with Gasteiger partial charge in [0.15, 0.2) is 9.84 Å². The highest BCUT2D eigenvalue weighted by atomic mass is 35.5. The van der Waals surface area contributed by atoms with E-state index < -0.39 is 9.84 Å². The number of sulfone groups is 1. The minimum absolute atomic E-state index is 0.0609. The number of anilines is 1. The molecule has 1 atom stereocenters. The van der Waals surface area contributed by atoms with Gasteiger partial charge < -0.3 is 5.32 Å². The third-order valence-electron chi connectivity index (χ3n) is 2.91. The maximum atomic E-state index is 11.7. The van der Waals surface area contributed by atoms with Crippen LogP contribution < -0.4 is 5.32 Å². The summed E-state index contributed by atoms with van der Waals surface area (Å²) in [7, 11) is -2.92. The third-order valence-corrected chi connectivity index (χ3v) is 4.98. The number of benzene rings is 1. The standard InChI is InChI=1S/C12H14ClNO3S/c13-10-2-1-3-11(7-10)14-12(15)6-9-4-5-18(16,17)8-9/h1-3,7,9H,4-6,8H2,(H,14,15). The molecular weight excluding hydrogens is 274 g/mol. The second kappa shape index (κ2) is 5.28. The molecule has 0 aromatic heterocycles. The molecule has 1 unspecified atom stereocenters. The van der Waals surface area contributed by atoms with Gasteiger partial charge in [-0.25, -0.2) is 8.42 Å². The van der Waals surface area contributed by atoms with E-state index in [9.17, 15) is 13.2 Å². The number of amides is 1. The molecule has 0 radical (unpaired) electrons. The van der Waals surface area contributed by atoms with Crippen LogP contribution in [0.15, 0.2) is 24.3 Å². The molecule has 1 amide bonds. The third kappa shape index (κ3) is 3.71. The van der Waals surface area contributed by atoms with Crippen molar-refractivity contribution in [3.05, 3.63) is 29.3 Å². The van der Waals surface area contributed by atoms with E-state index in [0.29, 0.717) is 17.1 Å². The van der Waals surface area contributed by atoms with Gasteiger partial charge in [0.2, 0.25) is 5.91 Å². The van der Waals surface area contributed by atoms with Gasteiger partial charge in [-0.05, 0) is 30.5 Å². The molecule has 1 fully saturated rings. The largest absolute Gasteiger partial charge is 0.326 e. The first-order valence-corrected chi connectivity index (χ1v) is 7.90. The fourth-order valence-corrected chi connectivity index (χ4v) is 4.13. The fourth-order valence-electron chi connectivity index (χ4n) is 2.07. The molecular formula is C12H14ClNO3S. The lowest BCUT2D eigenvalue weighted by molar-refractivity contribution is -0.116. The molecule has 4 nitrogen and oxygen atoms in total. The minimum atomic E-state index is -2.92. The normalized spacial score (nSPS) is 21.7. The highest BCUT2D eigenvalue weighted by Crippen LogP contribution is 2.22. The van der Waals surface area contributed by atoms with Gasteiger partial charge in [0.1, 0.15) is 0 Å². The molecule has 1 aliphatic rings. The topological polar surface area (TPSA) is 63.2 Å². The van der Waals surface area contributed by atoms with Crippen LogP contribution in [0, 0.1) is 5.92 Å². The molecule has 1 heterocycles. The minimum Gasteiger partial charge on any atom is -0.326 e. The first-order chi connectivity index (χ1) is 8.44. The predicted molar refractivity (Wildman–Crippen MR) is 71.5 cm³/mol. The summed E-state index contributed by atoms with van der Waals surface area (Å²) in [5.41, 5.74) is 0.633. The van der Waals surface area contributed by atoms with Gasteiger partial charge in [0.25, 0.3) is 0 Å². The number of hydrogen-bond donors (Lipinski definition) is 1. The zero-order valence-electron chi connectivity index (χ0n) is 9.73. The quantitative estimate of drug-likeness (QED) is 0.926. The van der Waals surface area contributed by atoms with Gasteiger partial charge in [-0.15, -0.1) is 0 Å². The summed E-state index contributed by atoms with van der Waals surface area (Å²) in [6.45, 7) is 0. The van der Waals surface area contributed by atoms with E-state index >= 15 is 0 Å². The van der Waals surface area contributed by atoms with Gasteiger partial charge in [-0.1, -0.05) is 17.7 Å². The molecule has 1 saturated heterocycles. The SMILES string of the molecule is O=C(CC1CCS(=O)(=O)C1)Nc1cccc(Cl)c1. The van der Waals surface area contributed by atoms with E-state index in [2.05, 4.69) is 5.32 Å². The van der Waals surface area contributed by atoms with E-state index in [1.54, 1.807) is 24.3 Å². The Morgan fingerprint density at radius 2 is 2.22 bits per heavy atom. The van der Waals surface area contributed by atoms with Crippen molar-refractivity contribution in [2.45, 2.75) is 12.8 Å². The summed E-state index contributed by atoms with van der Waals surface area (Å²) in [5.74, 6) is 0.0893. The van der Waals surface area contributed by atoms with Crippen LogP contribution >= 0.6 is 11.6 Å². The Bertz CT molecular complexity index is 556. The zero-order valence-corrected chi connectivity index (χ0v) is 11.3. The van der Waals surface area contributed by atoms with Gasteiger partial charge in [0, 0.05) is 17.1 Å². The fraction of sp³-hybridized carbons (Fsp3) is 0.417. The Labute approximate surface area is 111 Å².